The third kappa shape index (κ3) is 3.35. The summed E-state index contributed by atoms with van der Waals surface area (Å²) in [6.45, 7) is 2.40. The van der Waals surface area contributed by atoms with Crippen molar-refractivity contribution in [3.05, 3.63) is 23.8 Å². The predicted octanol–water partition coefficient (Wildman–Crippen LogP) is 0.958. The Hall–Kier alpha value is -1.75. The highest BCUT2D eigenvalue weighted by Gasteiger charge is 2.17. The van der Waals surface area contributed by atoms with E-state index in [2.05, 4.69) is 0 Å². The van der Waals surface area contributed by atoms with Gasteiger partial charge in [-0.2, -0.15) is 0 Å². The summed E-state index contributed by atoms with van der Waals surface area (Å²) in [6.07, 6.45) is 0. The number of carbonyl (C=O) groups is 1. The predicted molar refractivity (Wildman–Crippen MR) is 68.7 cm³/mol. The standard InChI is InChI=1S/C12H19N3O2/c1-8(7-17-3)15(2)12(16)9-4-10(13)6-11(14)5-9/h4-6,8H,7,13-14H2,1-3H3. The van der Waals surface area contributed by atoms with E-state index in [1.165, 1.54) is 0 Å². The van der Waals surface area contributed by atoms with E-state index in [0.29, 0.717) is 23.5 Å². The van der Waals surface area contributed by atoms with Gasteiger partial charge in [-0.3, -0.25) is 4.79 Å². The van der Waals surface area contributed by atoms with Gasteiger partial charge >= 0.3 is 0 Å². The van der Waals surface area contributed by atoms with Crippen molar-refractivity contribution >= 4 is 17.3 Å². The zero-order chi connectivity index (χ0) is 13.0. The minimum atomic E-state index is -0.117. The van der Waals surface area contributed by atoms with Gasteiger partial charge in [0.15, 0.2) is 0 Å². The summed E-state index contributed by atoms with van der Waals surface area (Å²) in [4.78, 5) is 13.7. The number of nitrogens with zero attached hydrogens (tertiary/aromatic N) is 1. The lowest BCUT2D eigenvalue weighted by Gasteiger charge is -2.24. The van der Waals surface area contributed by atoms with Gasteiger partial charge in [0.05, 0.1) is 12.6 Å². The van der Waals surface area contributed by atoms with Crippen LogP contribution in [-0.2, 0) is 4.74 Å². The molecule has 0 saturated carbocycles. The summed E-state index contributed by atoms with van der Waals surface area (Å²) in [5.41, 5.74) is 12.8. The number of amides is 1. The molecular formula is C12H19N3O2. The van der Waals surface area contributed by atoms with Crippen molar-refractivity contribution in [2.75, 3.05) is 32.2 Å². The molecule has 1 atom stereocenters. The first-order valence-electron chi connectivity index (χ1n) is 5.38. The Labute approximate surface area is 101 Å². The summed E-state index contributed by atoms with van der Waals surface area (Å²) in [6, 6.07) is 4.86. The first-order chi connectivity index (χ1) is 7.95. The lowest BCUT2D eigenvalue weighted by molar-refractivity contribution is 0.0633. The van der Waals surface area contributed by atoms with Crippen LogP contribution in [-0.4, -0.2) is 37.6 Å². The molecule has 1 aromatic rings. The Bertz CT molecular complexity index is 386. The molecule has 0 saturated heterocycles. The smallest absolute Gasteiger partial charge is 0.254 e. The van der Waals surface area contributed by atoms with Gasteiger partial charge in [-0.15, -0.1) is 0 Å². The molecule has 5 heteroatoms. The van der Waals surface area contributed by atoms with Gasteiger partial charge in [0.2, 0.25) is 0 Å². The normalized spacial score (nSPS) is 12.2. The molecule has 0 radical (unpaired) electrons. The van der Waals surface area contributed by atoms with Gasteiger partial charge in [-0.25, -0.2) is 0 Å². The average molecular weight is 237 g/mol. The van der Waals surface area contributed by atoms with Gasteiger partial charge in [0, 0.05) is 31.1 Å². The van der Waals surface area contributed by atoms with E-state index in [1.807, 2.05) is 6.92 Å². The van der Waals surface area contributed by atoms with E-state index in [-0.39, 0.29) is 11.9 Å². The molecule has 0 aliphatic rings. The zero-order valence-electron chi connectivity index (χ0n) is 10.4. The Morgan fingerprint density at radius 3 is 2.35 bits per heavy atom. The molecule has 1 aromatic carbocycles. The minimum absolute atomic E-state index is 0.00449. The van der Waals surface area contributed by atoms with Crippen molar-refractivity contribution in [3.63, 3.8) is 0 Å². The first-order valence-corrected chi connectivity index (χ1v) is 5.38. The molecular weight excluding hydrogens is 218 g/mol. The molecule has 5 nitrogen and oxygen atoms in total. The van der Waals surface area contributed by atoms with Crippen LogP contribution in [0.25, 0.3) is 0 Å². The van der Waals surface area contributed by atoms with Crippen LogP contribution in [0.15, 0.2) is 18.2 Å². The summed E-state index contributed by atoms with van der Waals surface area (Å²) in [5.74, 6) is -0.117. The van der Waals surface area contributed by atoms with Crippen LogP contribution in [0.1, 0.15) is 17.3 Å². The molecule has 1 amide bonds. The van der Waals surface area contributed by atoms with Crippen LogP contribution in [0.3, 0.4) is 0 Å². The van der Waals surface area contributed by atoms with Crippen molar-refractivity contribution in [1.82, 2.24) is 4.90 Å². The van der Waals surface area contributed by atoms with Crippen LogP contribution < -0.4 is 11.5 Å². The maximum atomic E-state index is 12.1. The third-order valence-electron chi connectivity index (χ3n) is 2.61. The molecule has 94 valence electrons. The summed E-state index contributed by atoms with van der Waals surface area (Å²) in [7, 11) is 3.33. The summed E-state index contributed by atoms with van der Waals surface area (Å²) >= 11 is 0. The zero-order valence-corrected chi connectivity index (χ0v) is 10.4. The van der Waals surface area contributed by atoms with E-state index in [4.69, 9.17) is 16.2 Å². The number of hydrogen-bond acceptors (Lipinski definition) is 4. The van der Waals surface area contributed by atoms with Gasteiger partial charge in [-0.05, 0) is 25.1 Å². The largest absolute Gasteiger partial charge is 0.399 e. The van der Waals surface area contributed by atoms with Crippen LogP contribution >= 0.6 is 0 Å². The molecule has 0 bridgehead atoms. The van der Waals surface area contributed by atoms with Crippen molar-refractivity contribution in [2.24, 2.45) is 0 Å². The molecule has 0 aliphatic heterocycles. The number of hydrogen-bond donors (Lipinski definition) is 2. The van der Waals surface area contributed by atoms with Crippen LogP contribution in [0.4, 0.5) is 11.4 Å². The van der Waals surface area contributed by atoms with Crippen LogP contribution in [0.2, 0.25) is 0 Å². The lowest BCUT2D eigenvalue weighted by Crippen LogP contribution is -2.37. The van der Waals surface area contributed by atoms with E-state index in [1.54, 1.807) is 37.3 Å². The third-order valence-corrected chi connectivity index (χ3v) is 2.61. The summed E-state index contributed by atoms with van der Waals surface area (Å²) in [5, 5.41) is 0. The molecule has 0 spiro atoms. The van der Waals surface area contributed by atoms with Gasteiger partial charge in [0.25, 0.3) is 5.91 Å². The molecule has 17 heavy (non-hydrogen) atoms. The lowest BCUT2D eigenvalue weighted by atomic mass is 10.1. The quantitative estimate of drug-likeness (QED) is 0.764. The van der Waals surface area contributed by atoms with Gasteiger partial charge in [-0.1, -0.05) is 0 Å². The second-order valence-electron chi connectivity index (χ2n) is 4.11. The second kappa shape index (κ2) is 5.54. The van der Waals surface area contributed by atoms with E-state index in [0.717, 1.165) is 0 Å². The number of ether oxygens (including phenoxy) is 1. The van der Waals surface area contributed by atoms with Crippen molar-refractivity contribution < 1.29 is 9.53 Å². The maximum Gasteiger partial charge on any atom is 0.254 e. The molecule has 0 aromatic heterocycles. The molecule has 1 unspecified atom stereocenters. The number of carbonyl (C=O) groups excluding carboxylic acids is 1. The number of likely N-dealkylation sites (N-methyl/N-ethyl adjacent to an activating group) is 1. The van der Waals surface area contributed by atoms with Crippen LogP contribution in [0, 0.1) is 0 Å². The van der Waals surface area contributed by atoms with Crippen molar-refractivity contribution in [3.8, 4) is 0 Å². The highest BCUT2D eigenvalue weighted by Crippen LogP contribution is 2.16. The Morgan fingerprint density at radius 1 is 1.35 bits per heavy atom. The van der Waals surface area contributed by atoms with Gasteiger partial charge < -0.3 is 21.1 Å². The van der Waals surface area contributed by atoms with E-state index >= 15 is 0 Å². The fourth-order valence-electron chi connectivity index (χ4n) is 1.56. The number of anilines is 2. The molecule has 0 aliphatic carbocycles. The monoisotopic (exact) mass is 237 g/mol. The van der Waals surface area contributed by atoms with Gasteiger partial charge in [0.1, 0.15) is 0 Å². The number of nitrogens with two attached hydrogens (primary N) is 2. The fourth-order valence-corrected chi connectivity index (χ4v) is 1.56. The topological polar surface area (TPSA) is 81.6 Å². The van der Waals surface area contributed by atoms with Crippen LogP contribution in [0.5, 0.6) is 0 Å². The highest BCUT2D eigenvalue weighted by molar-refractivity contribution is 5.96. The Morgan fingerprint density at radius 2 is 1.88 bits per heavy atom. The Kier molecular flexibility index (Phi) is 4.34. The fraction of sp³-hybridized carbons (Fsp3) is 0.417. The Balaban J connectivity index is 2.88. The molecule has 0 heterocycles. The molecule has 1 rings (SSSR count). The maximum absolute atomic E-state index is 12.1. The van der Waals surface area contributed by atoms with Crippen molar-refractivity contribution in [1.29, 1.82) is 0 Å². The molecule has 4 N–H and O–H groups in total. The van der Waals surface area contributed by atoms with E-state index in [9.17, 15) is 4.79 Å². The molecule has 0 fully saturated rings. The summed E-state index contributed by atoms with van der Waals surface area (Å²) < 4.78 is 5.01. The number of rotatable bonds is 4. The average Bonchev–Trinajstić information content (AvgIpc) is 2.26. The minimum Gasteiger partial charge on any atom is -0.399 e. The number of nitrogen functional groups attached to an aromatic ring is 2. The SMILES string of the molecule is COCC(C)N(C)C(=O)c1cc(N)cc(N)c1. The highest BCUT2D eigenvalue weighted by atomic mass is 16.5. The van der Waals surface area contributed by atoms with Crippen molar-refractivity contribution in [2.45, 2.75) is 13.0 Å². The number of benzene rings is 1. The first kappa shape index (κ1) is 13.3. The second-order valence-corrected chi connectivity index (χ2v) is 4.11. The van der Waals surface area contributed by atoms with E-state index < -0.39 is 0 Å². The number of methoxy groups -OCH3 is 1.